The molecule has 0 radical (unpaired) electrons. The average Bonchev–Trinajstić information content (AvgIpc) is 3.16. The number of benzene rings is 2. The lowest BCUT2D eigenvalue weighted by Crippen LogP contribution is -2.42. The van der Waals surface area contributed by atoms with Gasteiger partial charge in [-0.2, -0.15) is 0 Å². The highest BCUT2D eigenvalue weighted by molar-refractivity contribution is 5.95. The van der Waals surface area contributed by atoms with Gasteiger partial charge in [-0.1, -0.05) is 47.6 Å². The van der Waals surface area contributed by atoms with Gasteiger partial charge in [0.15, 0.2) is 5.69 Å². The van der Waals surface area contributed by atoms with E-state index in [2.05, 4.69) is 21.1 Å². The Balaban J connectivity index is 1.41. The number of aromatic nitrogens is 1. The highest BCUT2D eigenvalue weighted by Crippen LogP contribution is 2.18. The molecule has 1 aromatic heterocycles. The van der Waals surface area contributed by atoms with Crippen LogP contribution in [0.5, 0.6) is 0 Å². The molecule has 3 rings (SSSR count). The van der Waals surface area contributed by atoms with E-state index in [1.54, 1.807) is 13.8 Å². The van der Waals surface area contributed by atoms with Crippen LogP contribution in [0.15, 0.2) is 53.1 Å². The summed E-state index contributed by atoms with van der Waals surface area (Å²) in [4.78, 5) is 36.1. The van der Waals surface area contributed by atoms with Gasteiger partial charge in [-0.15, -0.1) is 0 Å². The number of carbonyl (C=O) groups excluding carboxylic acids is 3. The fraction of sp³-hybridized carbons (Fsp3) is 0.273. The second-order valence-corrected chi connectivity index (χ2v) is 7.09. The molecule has 3 aromatic rings. The standard InChI is InChI=1S/C22H24N4O4/c1-14(25-21(28)13-24-22(29)19-11-15(2)30-26-19)10-20(27)23-12-17-8-5-7-16-6-3-4-9-18(16)17/h3-9,11,14H,10,12-13H2,1-2H3,(H,23,27)(H,24,29)(H,25,28)/t14-/m0/s1. The van der Waals surface area contributed by atoms with Gasteiger partial charge in [0.2, 0.25) is 11.8 Å². The van der Waals surface area contributed by atoms with Gasteiger partial charge in [0, 0.05) is 25.1 Å². The lowest BCUT2D eigenvalue weighted by atomic mass is 10.0. The van der Waals surface area contributed by atoms with Crippen molar-refractivity contribution in [1.29, 1.82) is 0 Å². The number of nitrogens with zero attached hydrogens (tertiary/aromatic N) is 1. The van der Waals surface area contributed by atoms with Crippen molar-refractivity contribution < 1.29 is 18.9 Å². The van der Waals surface area contributed by atoms with Gasteiger partial charge in [0.05, 0.1) is 6.54 Å². The summed E-state index contributed by atoms with van der Waals surface area (Å²) in [5, 5.41) is 13.8. The van der Waals surface area contributed by atoms with Crippen molar-refractivity contribution in [1.82, 2.24) is 21.1 Å². The molecule has 0 spiro atoms. The zero-order valence-corrected chi connectivity index (χ0v) is 16.9. The molecule has 0 saturated carbocycles. The van der Waals surface area contributed by atoms with Crippen LogP contribution in [-0.2, 0) is 16.1 Å². The zero-order chi connectivity index (χ0) is 21.5. The minimum Gasteiger partial charge on any atom is -0.361 e. The highest BCUT2D eigenvalue weighted by atomic mass is 16.5. The van der Waals surface area contributed by atoms with E-state index in [0.717, 1.165) is 16.3 Å². The topological polar surface area (TPSA) is 113 Å². The molecule has 0 bridgehead atoms. The number of rotatable bonds is 8. The summed E-state index contributed by atoms with van der Waals surface area (Å²) in [6.45, 7) is 3.60. The van der Waals surface area contributed by atoms with E-state index < -0.39 is 11.8 Å². The summed E-state index contributed by atoms with van der Waals surface area (Å²) >= 11 is 0. The van der Waals surface area contributed by atoms with E-state index in [4.69, 9.17) is 4.52 Å². The number of carbonyl (C=O) groups is 3. The van der Waals surface area contributed by atoms with Crippen LogP contribution in [0.4, 0.5) is 0 Å². The predicted octanol–water partition coefficient (Wildman–Crippen LogP) is 2.08. The van der Waals surface area contributed by atoms with Crippen LogP contribution in [-0.4, -0.2) is 35.5 Å². The molecule has 8 nitrogen and oxygen atoms in total. The molecule has 0 aliphatic heterocycles. The van der Waals surface area contributed by atoms with Crippen LogP contribution < -0.4 is 16.0 Å². The molecule has 3 N–H and O–H groups in total. The van der Waals surface area contributed by atoms with E-state index in [9.17, 15) is 14.4 Å². The van der Waals surface area contributed by atoms with E-state index in [1.165, 1.54) is 6.07 Å². The maximum absolute atomic E-state index is 12.2. The largest absolute Gasteiger partial charge is 0.361 e. The summed E-state index contributed by atoms with van der Waals surface area (Å²) in [6, 6.07) is 15.1. The first kappa shape index (κ1) is 21.0. The van der Waals surface area contributed by atoms with Crippen LogP contribution in [0.1, 0.15) is 35.2 Å². The number of fused-ring (bicyclic) bond motifs is 1. The predicted molar refractivity (Wildman–Crippen MR) is 112 cm³/mol. The van der Waals surface area contributed by atoms with Gasteiger partial charge >= 0.3 is 0 Å². The van der Waals surface area contributed by atoms with Crippen molar-refractivity contribution in [3.8, 4) is 0 Å². The number of hydrogen-bond acceptors (Lipinski definition) is 5. The molecule has 0 aliphatic carbocycles. The summed E-state index contributed by atoms with van der Waals surface area (Å²) in [7, 11) is 0. The third-order valence-corrected chi connectivity index (χ3v) is 4.53. The van der Waals surface area contributed by atoms with Crippen LogP contribution in [0, 0.1) is 6.92 Å². The monoisotopic (exact) mass is 408 g/mol. The first-order valence-electron chi connectivity index (χ1n) is 9.66. The summed E-state index contributed by atoms with van der Waals surface area (Å²) in [6.07, 6.45) is 0.132. The number of nitrogens with one attached hydrogen (secondary N) is 3. The fourth-order valence-corrected chi connectivity index (χ4v) is 3.09. The molecular formula is C22H24N4O4. The number of hydrogen-bond donors (Lipinski definition) is 3. The Bertz CT molecular complexity index is 1050. The lowest BCUT2D eigenvalue weighted by molar-refractivity contribution is -0.123. The Morgan fingerprint density at radius 2 is 1.80 bits per heavy atom. The normalized spacial score (nSPS) is 11.7. The maximum atomic E-state index is 12.2. The van der Waals surface area contributed by atoms with Crippen molar-refractivity contribution in [2.75, 3.05) is 6.54 Å². The van der Waals surface area contributed by atoms with Crippen LogP contribution in [0.3, 0.4) is 0 Å². The van der Waals surface area contributed by atoms with Gasteiger partial charge in [-0.3, -0.25) is 14.4 Å². The summed E-state index contributed by atoms with van der Waals surface area (Å²) in [5.74, 6) is -0.550. The summed E-state index contributed by atoms with van der Waals surface area (Å²) < 4.78 is 4.82. The zero-order valence-electron chi connectivity index (χ0n) is 16.9. The maximum Gasteiger partial charge on any atom is 0.273 e. The Kier molecular flexibility index (Phi) is 6.79. The SMILES string of the molecule is Cc1cc(C(=O)NCC(=O)N[C@@H](C)CC(=O)NCc2cccc3ccccc23)no1. The van der Waals surface area contributed by atoms with E-state index in [1.807, 2.05) is 42.5 Å². The molecular weight excluding hydrogens is 384 g/mol. The van der Waals surface area contributed by atoms with Gasteiger partial charge in [0.1, 0.15) is 5.76 Å². The first-order valence-corrected chi connectivity index (χ1v) is 9.66. The molecule has 0 unspecified atom stereocenters. The Morgan fingerprint density at radius 3 is 2.57 bits per heavy atom. The molecule has 0 fully saturated rings. The Labute approximate surface area is 174 Å². The lowest BCUT2D eigenvalue weighted by Gasteiger charge is -2.14. The quantitative estimate of drug-likeness (QED) is 0.528. The molecule has 156 valence electrons. The molecule has 0 aliphatic rings. The van der Waals surface area contributed by atoms with Crippen molar-refractivity contribution in [3.05, 3.63) is 65.5 Å². The van der Waals surface area contributed by atoms with Crippen molar-refractivity contribution in [2.45, 2.75) is 32.9 Å². The van der Waals surface area contributed by atoms with Gasteiger partial charge in [-0.25, -0.2) is 0 Å². The van der Waals surface area contributed by atoms with Crippen LogP contribution in [0.25, 0.3) is 10.8 Å². The highest BCUT2D eigenvalue weighted by Gasteiger charge is 2.15. The van der Waals surface area contributed by atoms with Crippen molar-refractivity contribution in [3.63, 3.8) is 0 Å². The molecule has 2 aromatic carbocycles. The molecule has 3 amide bonds. The molecule has 0 saturated heterocycles. The van der Waals surface area contributed by atoms with E-state index in [0.29, 0.717) is 12.3 Å². The van der Waals surface area contributed by atoms with E-state index >= 15 is 0 Å². The summed E-state index contributed by atoms with van der Waals surface area (Å²) in [5.41, 5.74) is 1.14. The second kappa shape index (κ2) is 9.69. The Morgan fingerprint density at radius 1 is 1.03 bits per heavy atom. The molecule has 30 heavy (non-hydrogen) atoms. The smallest absolute Gasteiger partial charge is 0.273 e. The number of aryl methyl sites for hydroxylation is 1. The second-order valence-electron chi connectivity index (χ2n) is 7.09. The molecule has 8 heteroatoms. The van der Waals surface area contributed by atoms with Crippen LogP contribution >= 0.6 is 0 Å². The van der Waals surface area contributed by atoms with Crippen molar-refractivity contribution in [2.24, 2.45) is 0 Å². The Hall–Kier alpha value is -3.68. The molecule has 1 atom stereocenters. The fourth-order valence-electron chi connectivity index (χ4n) is 3.09. The minimum absolute atomic E-state index is 0.112. The van der Waals surface area contributed by atoms with Gasteiger partial charge in [0.25, 0.3) is 5.91 Å². The number of amides is 3. The first-order chi connectivity index (χ1) is 14.4. The van der Waals surface area contributed by atoms with E-state index in [-0.39, 0.29) is 30.6 Å². The van der Waals surface area contributed by atoms with Crippen molar-refractivity contribution >= 4 is 28.5 Å². The third kappa shape index (κ3) is 5.66. The molecule has 1 heterocycles. The third-order valence-electron chi connectivity index (χ3n) is 4.53. The van der Waals surface area contributed by atoms with Gasteiger partial charge in [-0.05, 0) is 30.2 Å². The van der Waals surface area contributed by atoms with Gasteiger partial charge < -0.3 is 20.5 Å². The van der Waals surface area contributed by atoms with Crippen LogP contribution in [0.2, 0.25) is 0 Å². The minimum atomic E-state index is -0.498. The average molecular weight is 408 g/mol.